The molecule has 0 aliphatic carbocycles. The maximum absolute atomic E-state index is 4.28. The minimum atomic E-state index is 0.894. The molecule has 0 aliphatic rings. The van der Waals surface area contributed by atoms with Gasteiger partial charge in [0.1, 0.15) is 0 Å². The molecule has 0 bridgehead atoms. The normalized spacial score (nSPS) is 10.2. The van der Waals surface area contributed by atoms with Gasteiger partial charge in [0.15, 0.2) is 0 Å². The molecule has 0 unspecified atom stereocenters. The molecule has 4 heteroatoms. The fraction of sp³-hybridized carbons (Fsp3) is 0.273. The molecule has 0 spiro atoms. The molecule has 2 aromatic heterocycles. The lowest BCUT2D eigenvalue weighted by atomic mass is 10.3. The Bertz CT molecular complexity index is 408. The first-order chi connectivity index (χ1) is 7.40. The Morgan fingerprint density at radius 1 is 1.27 bits per heavy atom. The van der Waals surface area contributed by atoms with E-state index in [1.54, 1.807) is 6.20 Å². The summed E-state index contributed by atoms with van der Waals surface area (Å²) in [5, 5.41) is 3.04. The van der Waals surface area contributed by atoms with Crippen LogP contribution in [0.5, 0.6) is 0 Å². The number of aryl methyl sites for hydroxylation is 2. The Labute approximate surface area is 89.0 Å². The van der Waals surface area contributed by atoms with Crippen molar-refractivity contribution in [2.24, 2.45) is 0 Å². The summed E-state index contributed by atoms with van der Waals surface area (Å²) in [6.07, 6.45) is 6.51. The number of anilines is 1. The fourth-order valence-corrected chi connectivity index (χ4v) is 1.50. The van der Waals surface area contributed by atoms with Crippen LogP contribution in [-0.2, 0) is 13.0 Å². The molecule has 0 fully saturated rings. The molecule has 2 heterocycles. The average molecular weight is 202 g/mol. The van der Waals surface area contributed by atoms with Crippen LogP contribution < -0.4 is 5.32 Å². The zero-order chi connectivity index (χ0) is 10.5. The zero-order valence-corrected chi connectivity index (χ0v) is 8.72. The first-order valence-electron chi connectivity index (χ1n) is 4.99. The predicted octanol–water partition coefficient (Wildman–Crippen LogP) is 1.56. The second-order valence-electron chi connectivity index (χ2n) is 3.27. The second kappa shape index (κ2) is 4.59. The van der Waals surface area contributed by atoms with E-state index in [9.17, 15) is 0 Å². The van der Waals surface area contributed by atoms with E-state index in [1.807, 2.05) is 37.6 Å². The second-order valence-corrected chi connectivity index (χ2v) is 3.27. The van der Waals surface area contributed by atoms with Crippen molar-refractivity contribution in [3.05, 3.63) is 42.5 Å². The average Bonchev–Trinajstić information content (AvgIpc) is 2.75. The van der Waals surface area contributed by atoms with Crippen molar-refractivity contribution in [2.45, 2.75) is 13.0 Å². The van der Waals surface area contributed by atoms with E-state index >= 15 is 0 Å². The Morgan fingerprint density at radius 2 is 2.20 bits per heavy atom. The highest BCUT2D eigenvalue weighted by Crippen LogP contribution is 2.05. The Kier molecular flexibility index (Phi) is 2.97. The van der Waals surface area contributed by atoms with Gasteiger partial charge in [-0.1, -0.05) is 6.07 Å². The van der Waals surface area contributed by atoms with Crippen molar-refractivity contribution in [3.63, 3.8) is 0 Å². The van der Waals surface area contributed by atoms with Gasteiger partial charge in [-0.15, -0.1) is 0 Å². The van der Waals surface area contributed by atoms with Gasteiger partial charge in [0.2, 0.25) is 5.95 Å². The minimum Gasteiger partial charge on any atom is -0.359 e. The molecule has 1 N–H and O–H groups in total. The molecule has 15 heavy (non-hydrogen) atoms. The standard InChI is InChI=1S/C11H14N4/c1-12-11-14-7-9-15(11)8-5-10-4-2-3-6-13-10/h2-4,6-7,9H,5,8H2,1H3,(H,12,14). The number of nitrogens with zero attached hydrogens (tertiary/aromatic N) is 3. The third-order valence-corrected chi connectivity index (χ3v) is 2.27. The summed E-state index contributed by atoms with van der Waals surface area (Å²) >= 11 is 0. The van der Waals surface area contributed by atoms with Gasteiger partial charge in [-0.05, 0) is 12.1 Å². The van der Waals surface area contributed by atoms with E-state index in [-0.39, 0.29) is 0 Å². The van der Waals surface area contributed by atoms with Gasteiger partial charge < -0.3 is 9.88 Å². The quantitative estimate of drug-likeness (QED) is 0.818. The van der Waals surface area contributed by atoms with Crippen LogP contribution in [0.4, 0.5) is 5.95 Å². The third-order valence-electron chi connectivity index (χ3n) is 2.27. The summed E-state index contributed by atoms with van der Waals surface area (Å²) in [7, 11) is 1.87. The number of imidazole rings is 1. The summed E-state index contributed by atoms with van der Waals surface area (Å²) in [5.41, 5.74) is 1.10. The summed E-state index contributed by atoms with van der Waals surface area (Å²) in [4.78, 5) is 8.46. The van der Waals surface area contributed by atoms with Crippen molar-refractivity contribution in [1.82, 2.24) is 14.5 Å². The molecular formula is C11H14N4. The van der Waals surface area contributed by atoms with Crippen LogP contribution in [0.2, 0.25) is 0 Å². The van der Waals surface area contributed by atoms with Gasteiger partial charge >= 0.3 is 0 Å². The number of hydrogen-bond donors (Lipinski definition) is 1. The lowest BCUT2D eigenvalue weighted by molar-refractivity contribution is 0.692. The summed E-state index contributed by atoms with van der Waals surface area (Å²) < 4.78 is 2.08. The molecule has 2 rings (SSSR count). The van der Waals surface area contributed by atoms with Crippen molar-refractivity contribution in [3.8, 4) is 0 Å². The number of pyridine rings is 1. The predicted molar refractivity (Wildman–Crippen MR) is 59.7 cm³/mol. The van der Waals surface area contributed by atoms with Crippen LogP contribution in [0.3, 0.4) is 0 Å². The highest BCUT2D eigenvalue weighted by molar-refractivity contribution is 5.24. The fourth-order valence-electron chi connectivity index (χ4n) is 1.50. The topological polar surface area (TPSA) is 42.7 Å². The summed E-state index contributed by atoms with van der Waals surface area (Å²) in [6.45, 7) is 0.896. The Hall–Kier alpha value is -1.84. The van der Waals surface area contributed by atoms with E-state index < -0.39 is 0 Å². The lowest BCUT2D eigenvalue weighted by Crippen LogP contribution is -2.05. The molecule has 0 aliphatic heterocycles. The molecule has 2 aromatic rings. The smallest absolute Gasteiger partial charge is 0.202 e. The van der Waals surface area contributed by atoms with E-state index in [4.69, 9.17) is 0 Å². The number of hydrogen-bond acceptors (Lipinski definition) is 3. The number of rotatable bonds is 4. The van der Waals surface area contributed by atoms with Gasteiger partial charge in [-0.3, -0.25) is 4.98 Å². The maximum Gasteiger partial charge on any atom is 0.202 e. The summed E-state index contributed by atoms with van der Waals surface area (Å²) in [6, 6.07) is 5.98. The lowest BCUT2D eigenvalue weighted by Gasteiger charge is -2.06. The van der Waals surface area contributed by atoms with Gasteiger partial charge in [-0.2, -0.15) is 0 Å². The largest absolute Gasteiger partial charge is 0.359 e. The highest BCUT2D eigenvalue weighted by Gasteiger charge is 2.00. The Balaban J connectivity index is 1.99. The van der Waals surface area contributed by atoms with Crippen LogP contribution >= 0.6 is 0 Å². The van der Waals surface area contributed by atoms with Crippen molar-refractivity contribution < 1.29 is 0 Å². The van der Waals surface area contributed by atoms with E-state index in [0.29, 0.717) is 0 Å². The van der Waals surface area contributed by atoms with Crippen molar-refractivity contribution in [1.29, 1.82) is 0 Å². The number of nitrogens with one attached hydrogen (secondary N) is 1. The van der Waals surface area contributed by atoms with Gasteiger partial charge in [0.05, 0.1) is 0 Å². The van der Waals surface area contributed by atoms with E-state index in [2.05, 4.69) is 19.9 Å². The van der Waals surface area contributed by atoms with Crippen molar-refractivity contribution >= 4 is 5.95 Å². The SMILES string of the molecule is CNc1nccn1CCc1ccccn1. The van der Waals surface area contributed by atoms with E-state index in [1.165, 1.54) is 0 Å². The summed E-state index contributed by atoms with van der Waals surface area (Å²) in [5.74, 6) is 0.894. The van der Waals surface area contributed by atoms with Crippen LogP contribution in [0.25, 0.3) is 0 Å². The molecule has 78 valence electrons. The number of aromatic nitrogens is 3. The first kappa shape index (κ1) is 9.71. The van der Waals surface area contributed by atoms with Crippen molar-refractivity contribution in [2.75, 3.05) is 12.4 Å². The molecule has 0 saturated carbocycles. The first-order valence-corrected chi connectivity index (χ1v) is 4.99. The van der Waals surface area contributed by atoms with Crippen LogP contribution in [0.15, 0.2) is 36.8 Å². The highest BCUT2D eigenvalue weighted by atomic mass is 15.2. The molecule has 0 saturated heterocycles. The van der Waals surface area contributed by atoms with Gasteiger partial charge in [-0.25, -0.2) is 4.98 Å². The van der Waals surface area contributed by atoms with Crippen LogP contribution in [0.1, 0.15) is 5.69 Å². The molecule has 4 nitrogen and oxygen atoms in total. The van der Waals surface area contributed by atoms with E-state index in [0.717, 1.165) is 24.6 Å². The third kappa shape index (κ3) is 2.34. The minimum absolute atomic E-state index is 0.894. The monoisotopic (exact) mass is 202 g/mol. The molecule has 0 radical (unpaired) electrons. The molecule has 0 aromatic carbocycles. The zero-order valence-electron chi connectivity index (χ0n) is 8.72. The van der Waals surface area contributed by atoms with Gasteiger partial charge in [0, 0.05) is 44.3 Å². The Morgan fingerprint density at radius 3 is 2.93 bits per heavy atom. The molecule has 0 amide bonds. The van der Waals surface area contributed by atoms with Crippen LogP contribution in [0, 0.1) is 0 Å². The molecular weight excluding hydrogens is 188 g/mol. The molecule has 0 atom stereocenters. The van der Waals surface area contributed by atoms with Crippen LogP contribution in [-0.4, -0.2) is 21.6 Å². The maximum atomic E-state index is 4.28. The van der Waals surface area contributed by atoms with Gasteiger partial charge in [0.25, 0.3) is 0 Å².